The highest BCUT2D eigenvalue weighted by molar-refractivity contribution is 5.53. The molecule has 2 aliphatic heterocycles. The first kappa shape index (κ1) is 21.6. The minimum atomic E-state index is 0.406. The van der Waals surface area contributed by atoms with E-state index in [0.29, 0.717) is 5.92 Å². The number of rotatable bonds is 3. The molecule has 0 spiro atoms. The van der Waals surface area contributed by atoms with Crippen LogP contribution in [0.5, 0.6) is 0 Å². The Morgan fingerprint density at radius 2 is 1.62 bits per heavy atom. The molecule has 3 aliphatic rings. The SMILES string of the molecule is CC(C)C1CN(C)C1.CCC1CCNCC1.O=CC1CCCCC1. The van der Waals surface area contributed by atoms with Crippen LogP contribution in [-0.4, -0.2) is 44.4 Å². The van der Waals surface area contributed by atoms with Gasteiger partial charge in [0.25, 0.3) is 0 Å². The van der Waals surface area contributed by atoms with Gasteiger partial charge in [-0.15, -0.1) is 0 Å². The average molecular weight is 339 g/mol. The van der Waals surface area contributed by atoms with Gasteiger partial charge in [-0.25, -0.2) is 0 Å². The van der Waals surface area contributed by atoms with Crippen LogP contribution in [0.25, 0.3) is 0 Å². The van der Waals surface area contributed by atoms with E-state index in [9.17, 15) is 4.79 Å². The Bertz CT molecular complexity index is 299. The highest BCUT2D eigenvalue weighted by Crippen LogP contribution is 2.21. The van der Waals surface area contributed by atoms with Crippen LogP contribution < -0.4 is 5.32 Å². The standard InChI is InChI=1S/2C7H15N.C7H12O/c1-6(2)7-4-8(3)5-7;1-2-7-3-5-8-6-4-7;8-6-7-4-2-1-3-5-7/h6-7H,4-5H2,1-3H3;7-8H,2-6H2,1H3;6-7H,1-5H2. The normalized spacial score (nSPS) is 23.5. The maximum Gasteiger partial charge on any atom is 0.123 e. The van der Waals surface area contributed by atoms with Crippen molar-refractivity contribution in [1.29, 1.82) is 0 Å². The van der Waals surface area contributed by atoms with E-state index in [4.69, 9.17) is 0 Å². The Balaban J connectivity index is 0.000000180. The molecule has 3 rings (SSSR count). The Labute approximate surface area is 151 Å². The van der Waals surface area contributed by atoms with Crippen LogP contribution in [0.1, 0.15) is 72.1 Å². The van der Waals surface area contributed by atoms with E-state index in [-0.39, 0.29) is 0 Å². The number of hydrogen-bond donors (Lipinski definition) is 1. The van der Waals surface area contributed by atoms with Crippen molar-refractivity contribution in [2.24, 2.45) is 23.7 Å². The molecule has 1 N–H and O–H groups in total. The summed E-state index contributed by atoms with van der Waals surface area (Å²) in [7, 11) is 2.18. The summed E-state index contributed by atoms with van der Waals surface area (Å²) in [4.78, 5) is 12.5. The van der Waals surface area contributed by atoms with Crippen molar-refractivity contribution >= 4 is 6.29 Å². The Kier molecular flexibility index (Phi) is 11.6. The largest absolute Gasteiger partial charge is 0.317 e. The van der Waals surface area contributed by atoms with Crippen molar-refractivity contribution in [3.05, 3.63) is 0 Å². The Morgan fingerprint density at radius 3 is 1.92 bits per heavy atom. The molecule has 142 valence electrons. The third-order valence-electron chi connectivity index (χ3n) is 5.91. The number of hydrogen-bond acceptors (Lipinski definition) is 3. The van der Waals surface area contributed by atoms with Gasteiger partial charge in [-0.1, -0.05) is 46.5 Å². The summed E-state index contributed by atoms with van der Waals surface area (Å²) >= 11 is 0. The van der Waals surface area contributed by atoms with E-state index < -0.39 is 0 Å². The molecule has 1 saturated carbocycles. The zero-order chi connectivity index (χ0) is 17.8. The van der Waals surface area contributed by atoms with Crippen LogP contribution in [0.2, 0.25) is 0 Å². The van der Waals surface area contributed by atoms with Gasteiger partial charge in [0.15, 0.2) is 0 Å². The number of carbonyl (C=O) groups is 1. The van der Waals surface area contributed by atoms with Crippen LogP contribution in [0.3, 0.4) is 0 Å². The fraction of sp³-hybridized carbons (Fsp3) is 0.952. The van der Waals surface area contributed by atoms with Crippen molar-refractivity contribution in [3.8, 4) is 0 Å². The Hall–Kier alpha value is -0.410. The van der Waals surface area contributed by atoms with Gasteiger partial charge in [0.05, 0.1) is 0 Å². The minimum Gasteiger partial charge on any atom is -0.317 e. The second-order valence-electron chi connectivity index (χ2n) is 8.36. The summed E-state index contributed by atoms with van der Waals surface area (Å²) in [5.41, 5.74) is 0. The summed E-state index contributed by atoms with van der Waals surface area (Å²) in [5, 5.41) is 3.35. The third-order valence-corrected chi connectivity index (χ3v) is 5.91. The molecular weight excluding hydrogens is 296 g/mol. The fourth-order valence-electron chi connectivity index (χ4n) is 3.73. The van der Waals surface area contributed by atoms with Crippen LogP contribution in [0.15, 0.2) is 0 Å². The zero-order valence-electron chi connectivity index (χ0n) is 16.7. The first-order chi connectivity index (χ1) is 11.6. The molecule has 3 fully saturated rings. The first-order valence-corrected chi connectivity index (χ1v) is 10.4. The molecule has 0 bridgehead atoms. The van der Waals surface area contributed by atoms with E-state index >= 15 is 0 Å². The summed E-state index contributed by atoms with van der Waals surface area (Å²) in [5.74, 6) is 3.31. The van der Waals surface area contributed by atoms with Gasteiger partial charge in [-0.05, 0) is 63.6 Å². The molecule has 3 nitrogen and oxygen atoms in total. The lowest BCUT2D eigenvalue weighted by Crippen LogP contribution is -2.46. The monoisotopic (exact) mass is 338 g/mol. The van der Waals surface area contributed by atoms with E-state index in [1.54, 1.807) is 0 Å². The van der Waals surface area contributed by atoms with Crippen molar-refractivity contribution in [1.82, 2.24) is 10.2 Å². The number of likely N-dealkylation sites (tertiary alicyclic amines) is 1. The fourth-order valence-corrected chi connectivity index (χ4v) is 3.73. The molecule has 0 aromatic rings. The van der Waals surface area contributed by atoms with Gasteiger partial charge in [0, 0.05) is 19.0 Å². The summed E-state index contributed by atoms with van der Waals surface area (Å²) in [6.07, 6.45) is 11.4. The highest BCUT2D eigenvalue weighted by atomic mass is 16.1. The first-order valence-electron chi connectivity index (χ1n) is 10.4. The molecule has 0 unspecified atom stereocenters. The molecule has 2 saturated heterocycles. The molecule has 24 heavy (non-hydrogen) atoms. The average Bonchev–Trinajstić information content (AvgIpc) is 2.61. The van der Waals surface area contributed by atoms with Crippen molar-refractivity contribution < 1.29 is 4.79 Å². The molecule has 0 aromatic carbocycles. The second-order valence-corrected chi connectivity index (χ2v) is 8.36. The topological polar surface area (TPSA) is 32.3 Å². The van der Waals surface area contributed by atoms with Gasteiger partial charge < -0.3 is 15.0 Å². The Morgan fingerprint density at radius 1 is 1.04 bits per heavy atom. The predicted octanol–water partition coefficient (Wildman–Crippen LogP) is 4.37. The van der Waals surface area contributed by atoms with Gasteiger partial charge in [0.1, 0.15) is 6.29 Å². The molecule has 0 radical (unpaired) electrons. The lowest BCUT2D eigenvalue weighted by Gasteiger charge is -2.38. The van der Waals surface area contributed by atoms with Gasteiger partial charge >= 0.3 is 0 Å². The number of nitrogens with one attached hydrogen (secondary N) is 1. The zero-order valence-corrected chi connectivity index (χ0v) is 16.7. The summed E-state index contributed by atoms with van der Waals surface area (Å²) in [6, 6.07) is 0. The maximum absolute atomic E-state index is 10.2. The molecule has 2 heterocycles. The molecule has 0 atom stereocenters. The highest BCUT2D eigenvalue weighted by Gasteiger charge is 2.25. The molecular formula is C21H42N2O. The van der Waals surface area contributed by atoms with Crippen LogP contribution in [-0.2, 0) is 4.79 Å². The lowest BCUT2D eigenvalue weighted by molar-refractivity contribution is -0.111. The van der Waals surface area contributed by atoms with Crippen molar-refractivity contribution in [2.75, 3.05) is 33.2 Å². The van der Waals surface area contributed by atoms with Gasteiger partial charge in [0.2, 0.25) is 0 Å². The molecule has 1 aliphatic carbocycles. The predicted molar refractivity (Wildman–Crippen MR) is 104 cm³/mol. The minimum absolute atomic E-state index is 0.406. The van der Waals surface area contributed by atoms with E-state index in [2.05, 4.69) is 38.0 Å². The molecule has 0 aromatic heterocycles. The van der Waals surface area contributed by atoms with Gasteiger partial charge in [-0.3, -0.25) is 0 Å². The number of nitrogens with zero attached hydrogens (tertiary/aromatic N) is 1. The van der Waals surface area contributed by atoms with Crippen LogP contribution in [0, 0.1) is 23.7 Å². The number of carbonyl (C=O) groups excluding carboxylic acids is 1. The molecule has 0 amide bonds. The summed E-state index contributed by atoms with van der Waals surface area (Å²) in [6.45, 7) is 12.0. The maximum atomic E-state index is 10.2. The summed E-state index contributed by atoms with van der Waals surface area (Å²) < 4.78 is 0. The number of aldehydes is 1. The van der Waals surface area contributed by atoms with Crippen LogP contribution >= 0.6 is 0 Å². The van der Waals surface area contributed by atoms with E-state index in [0.717, 1.165) is 36.9 Å². The van der Waals surface area contributed by atoms with Gasteiger partial charge in [-0.2, -0.15) is 0 Å². The smallest absolute Gasteiger partial charge is 0.123 e. The third kappa shape index (κ3) is 9.17. The molecule has 3 heteroatoms. The van der Waals surface area contributed by atoms with E-state index in [1.807, 2.05) is 0 Å². The van der Waals surface area contributed by atoms with Crippen molar-refractivity contribution in [2.45, 2.75) is 72.1 Å². The number of piperidine rings is 1. The van der Waals surface area contributed by atoms with Crippen molar-refractivity contribution in [3.63, 3.8) is 0 Å². The quantitative estimate of drug-likeness (QED) is 0.776. The second kappa shape index (κ2) is 12.9. The lowest BCUT2D eigenvalue weighted by atomic mass is 9.89. The van der Waals surface area contributed by atoms with Crippen LogP contribution in [0.4, 0.5) is 0 Å². The van der Waals surface area contributed by atoms with E-state index in [1.165, 1.54) is 64.7 Å².